The van der Waals surface area contributed by atoms with Crippen molar-refractivity contribution in [2.75, 3.05) is 13.2 Å². The highest BCUT2D eigenvalue weighted by Crippen LogP contribution is 2.33. The van der Waals surface area contributed by atoms with Crippen LogP contribution >= 0.6 is 0 Å². The number of benzene rings is 1. The molecule has 0 saturated carbocycles. The first-order valence-electron chi connectivity index (χ1n) is 6.81. The quantitative estimate of drug-likeness (QED) is 0.888. The van der Waals surface area contributed by atoms with Gasteiger partial charge in [0.1, 0.15) is 5.75 Å². The maximum atomic E-state index is 12.3. The van der Waals surface area contributed by atoms with Crippen molar-refractivity contribution in [3.8, 4) is 5.75 Å². The fourth-order valence-electron chi connectivity index (χ4n) is 2.48. The van der Waals surface area contributed by atoms with E-state index in [4.69, 9.17) is 4.74 Å². The van der Waals surface area contributed by atoms with Crippen molar-refractivity contribution >= 4 is 5.91 Å². The van der Waals surface area contributed by atoms with Crippen molar-refractivity contribution in [2.45, 2.75) is 18.8 Å². The fourth-order valence-corrected chi connectivity index (χ4v) is 2.48. The van der Waals surface area contributed by atoms with E-state index in [1.54, 1.807) is 12.5 Å². The van der Waals surface area contributed by atoms with Crippen LogP contribution in [0.3, 0.4) is 0 Å². The Morgan fingerprint density at radius 3 is 3.20 bits per heavy atom. The monoisotopic (exact) mass is 271 g/mol. The Labute approximate surface area is 117 Å². The van der Waals surface area contributed by atoms with Crippen LogP contribution < -0.4 is 10.1 Å². The lowest BCUT2D eigenvalue weighted by atomic mass is 9.92. The third kappa shape index (κ3) is 2.66. The van der Waals surface area contributed by atoms with Crippen LogP contribution in [0.4, 0.5) is 0 Å². The molecule has 1 aliphatic rings. The van der Waals surface area contributed by atoms with Crippen LogP contribution in [0.5, 0.6) is 5.75 Å². The van der Waals surface area contributed by atoms with Gasteiger partial charge in [-0.3, -0.25) is 4.79 Å². The van der Waals surface area contributed by atoms with E-state index in [-0.39, 0.29) is 11.8 Å². The van der Waals surface area contributed by atoms with Gasteiger partial charge in [0.15, 0.2) is 0 Å². The smallest absolute Gasteiger partial charge is 0.227 e. The number of ether oxygens (including phenoxy) is 1. The summed E-state index contributed by atoms with van der Waals surface area (Å²) >= 11 is 0. The molecule has 1 aromatic carbocycles. The van der Waals surface area contributed by atoms with Gasteiger partial charge in [-0.1, -0.05) is 18.2 Å². The van der Waals surface area contributed by atoms with E-state index in [1.807, 2.05) is 24.3 Å². The normalized spacial score (nSPS) is 17.1. The van der Waals surface area contributed by atoms with Crippen LogP contribution in [0.1, 0.15) is 23.6 Å². The Kier molecular flexibility index (Phi) is 3.67. The van der Waals surface area contributed by atoms with Crippen molar-refractivity contribution in [1.82, 2.24) is 15.3 Å². The molecule has 2 heterocycles. The molecule has 0 spiro atoms. The van der Waals surface area contributed by atoms with E-state index in [1.165, 1.54) is 0 Å². The minimum atomic E-state index is -0.110. The van der Waals surface area contributed by atoms with Gasteiger partial charge < -0.3 is 15.0 Å². The highest BCUT2D eigenvalue weighted by Gasteiger charge is 2.26. The van der Waals surface area contributed by atoms with Gasteiger partial charge in [0.05, 0.1) is 18.9 Å². The number of hydrogen-bond acceptors (Lipinski definition) is 3. The lowest BCUT2D eigenvalue weighted by molar-refractivity contribution is -0.123. The Hall–Kier alpha value is -2.30. The number of rotatable bonds is 4. The first-order chi connectivity index (χ1) is 9.84. The molecule has 104 valence electrons. The molecule has 5 heteroatoms. The summed E-state index contributed by atoms with van der Waals surface area (Å²) in [5.74, 6) is 0.787. The molecule has 1 atom stereocenters. The summed E-state index contributed by atoms with van der Waals surface area (Å²) in [6.07, 6.45) is 4.91. The summed E-state index contributed by atoms with van der Waals surface area (Å²) in [6, 6.07) is 7.75. The Balaban J connectivity index is 1.60. The number of nitrogens with zero attached hydrogens (tertiary/aromatic N) is 1. The molecule has 20 heavy (non-hydrogen) atoms. The summed E-state index contributed by atoms with van der Waals surface area (Å²) in [4.78, 5) is 19.3. The highest BCUT2D eigenvalue weighted by atomic mass is 16.5. The van der Waals surface area contributed by atoms with E-state index in [9.17, 15) is 4.79 Å². The third-order valence-corrected chi connectivity index (χ3v) is 3.52. The van der Waals surface area contributed by atoms with Gasteiger partial charge >= 0.3 is 0 Å². The van der Waals surface area contributed by atoms with Gasteiger partial charge in [0, 0.05) is 30.4 Å². The first kappa shape index (κ1) is 12.7. The molecule has 0 aliphatic carbocycles. The first-order valence-corrected chi connectivity index (χ1v) is 6.81. The van der Waals surface area contributed by atoms with Gasteiger partial charge in [-0.05, 0) is 12.5 Å². The van der Waals surface area contributed by atoms with E-state index in [0.717, 1.165) is 29.8 Å². The highest BCUT2D eigenvalue weighted by molar-refractivity contribution is 5.84. The van der Waals surface area contributed by atoms with Gasteiger partial charge in [0.25, 0.3) is 0 Å². The van der Waals surface area contributed by atoms with Crippen molar-refractivity contribution < 1.29 is 9.53 Å². The predicted octanol–water partition coefficient (Wildman–Crippen LogP) is 1.63. The largest absolute Gasteiger partial charge is 0.493 e. The summed E-state index contributed by atoms with van der Waals surface area (Å²) < 4.78 is 5.57. The van der Waals surface area contributed by atoms with E-state index in [0.29, 0.717) is 13.2 Å². The standard InChI is InChI=1S/C15H17N3O2/c19-15(17-7-5-11-9-16-10-18-11)13-6-8-20-14-4-2-1-3-12(13)14/h1-4,9-10,13H,5-8H2,(H,16,18)(H,17,19). The molecule has 0 fully saturated rings. The summed E-state index contributed by atoms with van der Waals surface area (Å²) in [7, 11) is 0. The second-order valence-electron chi connectivity index (χ2n) is 4.85. The van der Waals surface area contributed by atoms with Crippen molar-refractivity contribution in [3.63, 3.8) is 0 Å². The second-order valence-corrected chi connectivity index (χ2v) is 4.85. The zero-order chi connectivity index (χ0) is 13.8. The van der Waals surface area contributed by atoms with Crippen LogP contribution in [-0.2, 0) is 11.2 Å². The van der Waals surface area contributed by atoms with E-state index in [2.05, 4.69) is 15.3 Å². The van der Waals surface area contributed by atoms with Crippen molar-refractivity contribution in [1.29, 1.82) is 0 Å². The third-order valence-electron chi connectivity index (χ3n) is 3.52. The van der Waals surface area contributed by atoms with Crippen LogP contribution in [0.2, 0.25) is 0 Å². The molecule has 1 unspecified atom stereocenters. The Bertz CT molecular complexity index is 581. The Morgan fingerprint density at radius 2 is 2.35 bits per heavy atom. The van der Waals surface area contributed by atoms with Gasteiger partial charge in [-0.25, -0.2) is 4.98 Å². The molecule has 1 aliphatic heterocycles. The lowest BCUT2D eigenvalue weighted by Gasteiger charge is -2.25. The zero-order valence-electron chi connectivity index (χ0n) is 11.1. The zero-order valence-corrected chi connectivity index (χ0v) is 11.1. The summed E-state index contributed by atoms with van der Waals surface area (Å²) in [5, 5.41) is 2.99. The average Bonchev–Trinajstić information content (AvgIpc) is 3.00. The van der Waals surface area contributed by atoms with Gasteiger partial charge in [-0.15, -0.1) is 0 Å². The summed E-state index contributed by atoms with van der Waals surface area (Å²) in [6.45, 7) is 1.20. The topological polar surface area (TPSA) is 67.0 Å². The predicted molar refractivity (Wildman–Crippen MR) is 74.6 cm³/mol. The molecule has 0 radical (unpaired) electrons. The molecular formula is C15H17N3O2. The number of para-hydroxylation sites is 1. The molecule has 2 aromatic rings. The number of aromatic nitrogens is 2. The van der Waals surface area contributed by atoms with Gasteiger partial charge in [-0.2, -0.15) is 0 Å². The molecule has 0 saturated heterocycles. The molecule has 1 amide bonds. The van der Waals surface area contributed by atoms with Crippen LogP contribution in [0, 0.1) is 0 Å². The molecular weight excluding hydrogens is 254 g/mol. The maximum absolute atomic E-state index is 12.3. The van der Waals surface area contributed by atoms with Crippen molar-refractivity contribution in [3.05, 3.63) is 48.0 Å². The number of nitrogens with one attached hydrogen (secondary N) is 2. The number of fused-ring (bicyclic) bond motifs is 1. The average molecular weight is 271 g/mol. The minimum absolute atomic E-state index is 0.0697. The van der Waals surface area contributed by atoms with Crippen molar-refractivity contribution in [2.24, 2.45) is 0 Å². The molecule has 1 aromatic heterocycles. The SMILES string of the molecule is O=C(NCCc1cnc[nH]1)C1CCOc2ccccc21. The van der Waals surface area contributed by atoms with Crippen LogP contribution in [0.25, 0.3) is 0 Å². The number of imidazole rings is 1. The van der Waals surface area contributed by atoms with E-state index < -0.39 is 0 Å². The minimum Gasteiger partial charge on any atom is -0.493 e. The summed E-state index contributed by atoms with van der Waals surface area (Å²) in [5.41, 5.74) is 2.01. The number of aromatic amines is 1. The fraction of sp³-hybridized carbons (Fsp3) is 0.333. The number of H-pyrrole nitrogens is 1. The number of amides is 1. The maximum Gasteiger partial charge on any atom is 0.227 e. The second kappa shape index (κ2) is 5.77. The molecule has 5 nitrogen and oxygen atoms in total. The van der Waals surface area contributed by atoms with E-state index >= 15 is 0 Å². The molecule has 2 N–H and O–H groups in total. The number of carbonyl (C=O) groups excluding carboxylic acids is 1. The Morgan fingerprint density at radius 1 is 1.45 bits per heavy atom. The van der Waals surface area contributed by atoms with Gasteiger partial charge in [0.2, 0.25) is 5.91 Å². The molecule has 0 bridgehead atoms. The lowest BCUT2D eigenvalue weighted by Crippen LogP contribution is -2.33. The molecule has 3 rings (SSSR count). The van der Waals surface area contributed by atoms with Crippen LogP contribution in [-0.4, -0.2) is 29.0 Å². The number of hydrogen-bond donors (Lipinski definition) is 2. The van der Waals surface area contributed by atoms with Crippen LogP contribution in [0.15, 0.2) is 36.8 Å². The number of carbonyl (C=O) groups is 1.